The second-order valence-electron chi connectivity index (χ2n) is 1.31. The van der Waals surface area contributed by atoms with Crippen LogP contribution in [-0.4, -0.2) is 25.4 Å². The zero-order chi connectivity index (χ0) is 6.41. The zero-order valence-electron chi connectivity index (χ0n) is 5.09. The van der Waals surface area contributed by atoms with E-state index in [1.807, 2.05) is 0 Å². The smallest absolute Gasteiger partial charge is 0.144 e. The molecule has 0 aromatic heterocycles. The first-order valence-electron chi connectivity index (χ1n) is 2.33. The van der Waals surface area contributed by atoms with Gasteiger partial charge in [-0.05, 0) is 6.08 Å². The molecule has 0 amide bonds. The van der Waals surface area contributed by atoms with Gasteiger partial charge in [0.05, 0.1) is 0 Å². The minimum atomic E-state index is 0.730. The molecule has 3 heteroatoms. The van der Waals surface area contributed by atoms with Gasteiger partial charge in [0.2, 0.25) is 0 Å². The van der Waals surface area contributed by atoms with Crippen molar-refractivity contribution in [1.82, 2.24) is 10.4 Å². The lowest BCUT2D eigenvalue weighted by atomic mass is 10.7. The number of aldehydes is 1. The van der Waals surface area contributed by atoms with Gasteiger partial charge < -0.3 is 5.01 Å². The molecule has 0 rings (SSSR count). The lowest BCUT2D eigenvalue weighted by Gasteiger charge is -2.08. The SMILES string of the molecule is CNN(C)/C=C\C=O. The van der Waals surface area contributed by atoms with E-state index in [-0.39, 0.29) is 0 Å². The number of carbonyl (C=O) groups excluding carboxylic acids is 1. The van der Waals surface area contributed by atoms with Crippen LogP contribution >= 0.6 is 0 Å². The monoisotopic (exact) mass is 114 g/mol. The molecule has 8 heavy (non-hydrogen) atoms. The predicted octanol–water partition coefficient (Wildman–Crippen LogP) is -0.235. The van der Waals surface area contributed by atoms with Crippen molar-refractivity contribution in [3.8, 4) is 0 Å². The molecular formula is C5H10N2O. The number of rotatable bonds is 3. The van der Waals surface area contributed by atoms with Crippen LogP contribution in [0.4, 0.5) is 0 Å². The maximum absolute atomic E-state index is 9.68. The molecule has 0 unspecified atom stereocenters. The number of hydrazine groups is 1. The van der Waals surface area contributed by atoms with Gasteiger partial charge in [-0.25, -0.2) is 5.43 Å². The highest BCUT2D eigenvalue weighted by Gasteiger charge is 1.76. The maximum Gasteiger partial charge on any atom is 0.144 e. The van der Waals surface area contributed by atoms with Gasteiger partial charge in [0, 0.05) is 20.3 Å². The highest BCUT2D eigenvalue weighted by Crippen LogP contribution is 1.71. The fourth-order valence-corrected chi connectivity index (χ4v) is 0.239. The van der Waals surface area contributed by atoms with Crippen LogP contribution in [0.5, 0.6) is 0 Å². The molecule has 0 saturated carbocycles. The Kier molecular flexibility index (Phi) is 3.88. The number of nitrogens with zero attached hydrogens (tertiary/aromatic N) is 1. The summed E-state index contributed by atoms with van der Waals surface area (Å²) >= 11 is 0. The van der Waals surface area contributed by atoms with Gasteiger partial charge in [-0.15, -0.1) is 0 Å². The third-order valence-electron chi connectivity index (χ3n) is 0.741. The van der Waals surface area contributed by atoms with E-state index in [9.17, 15) is 4.79 Å². The molecule has 0 aromatic carbocycles. The first-order valence-corrected chi connectivity index (χ1v) is 2.33. The molecule has 3 nitrogen and oxygen atoms in total. The van der Waals surface area contributed by atoms with Crippen molar-refractivity contribution in [2.75, 3.05) is 14.1 Å². The average Bonchev–Trinajstić information content (AvgIpc) is 1.83. The number of carbonyl (C=O) groups is 1. The first-order chi connectivity index (χ1) is 3.81. The van der Waals surface area contributed by atoms with Crippen molar-refractivity contribution < 1.29 is 4.79 Å². The molecule has 0 atom stereocenters. The molecule has 46 valence electrons. The van der Waals surface area contributed by atoms with Crippen molar-refractivity contribution in [2.24, 2.45) is 0 Å². The quantitative estimate of drug-likeness (QED) is 0.312. The van der Waals surface area contributed by atoms with E-state index >= 15 is 0 Å². The average molecular weight is 114 g/mol. The third-order valence-corrected chi connectivity index (χ3v) is 0.741. The summed E-state index contributed by atoms with van der Waals surface area (Å²) in [6.45, 7) is 0. The lowest BCUT2D eigenvalue weighted by molar-refractivity contribution is -0.104. The Morgan fingerprint density at radius 1 is 1.62 bits per heavy atom. The van der Waals surface area contributed by atoms with E-state index in [4.69, 9.17) is 0 Å². The van der Waals surface area contributed by atoms with E-state index in [1.54, 1.807) is 25.3 Å². The van der Waals surface area contributed by atoms with Crippen LogP contribution < -0.4 is 5.43 Å². The van der Waals surface area contributed by atoms with Gasteiger partial charge >= 0.3 is 0 Å². The molecule has 0 radical (unpaired) electrons. The van der Waals surface area contributed by atoms with Gasteiger partial charge in [-0.2, -0.15) is 0 Å². The first kappa shape index (κ1) is 7.17. The second-order valence-corrected chi connectivity index (χ2v) is 1.31. The fraction of sp³-hybridized carbons (Fsp3) is 0.400. The summed E-state index contributed by atoms with van der Waals surface area (Å²) in [5, 5.41) is 1.68. The van der Waals surface area contributed by atoms with Crippen molar-refractivity contribution in [3.05, 3.63) is 12.3 Å². The number of allylic oxidation sites excluding steroid dienone is 1. The van der Waals surface area contributed by atoms with Crippen molar-refractivity contribution in [2.45, 2.75) is 0 Å². The topological polar surface area (TPSA) is 32.3 Å². The Labute approximate surface area is 49.0 Å². The Hall–Kier alpha value is -0.830. The van der Waals surface area contributed by atoms with Crippen LogP contribution in [0.15, 0.2) is 12.3 Å². The minimum absolute atomic E-state index is 0.730. The summed E-state index contributed by atoms with van der Waals surface area (Å²) in [6.07, 6.45) is 3.78. The number of hydrogen-bond acceptors (Lipinski definition) is 3. The highest BCUT2D eigenvalue weighted by atomic mass is 16.1. The second kappa shape index (κ2) is 4.33. The molecule has 0 bridgehead atoms. The number of hydrogen-bond donors (Lipinski definition) is 1. The molecule has 1 N–H and O–H groups in total. The Bertz CT molecular complexity index is 90.4. The predicted molar refractivity (Wildman–Crippen MR) is 32.0 cm³/mol. The lowest BCUT2D eigenvalue weighted by Crippen LogP contribution is -2.24. The van der Waals surface area contributed by atoms with Crippen LogP contribution in [0.1, 0.15) is 0 Å². The Morgan fingerprint density at radius 3 is 2.62 bits per heavy atom. The molecule has 0 heterocycles. The Morgan fingerprint density at radius 2 is 2.25 bits per heavy atom. The summed E-state index contributed by atoms with van der Waals surface area (Å²) in [6, 6.07) is 0. The van der Waals surface area contributed by atoms with Crippen LogP contribution in [0.25, 0.3) is 0 Å². The van der Waals surface area contributed by atoms with E-state index in [2.05, 4.69) is 5.43 Å². The standard InChI is InChI=1S/C5H10N2O/c1-6-7(2)4-3-5-8/h3-6H,1-2H3/b4-3-. The highest BCUT2D eigenvalue weighted by molar-refractivity contribution is 5.64. The van der Waals surface area contributed by atoms with Crippen molar-refractivity contribution in [1.29, 1.82) is 0 Å². The van der Waals surface area contributed by atoms with Gasteiger partial charge in [0.1, 0.15) is 6.29 Å². The van der Waals surface area contributed by atoms with E-state index in [0.29, 0.717) is 0 Å². The summed E-state index contributed by atoms with van der Waals surface area (Å²) in [5.74, 6) is 0. The van der Waals surface area contributed by atoms with Crippen LogP contribution in [-0.2, 0) is 4.79 Å². The van der Waals surface area contributed by atoms with Gasteiger partial charge in [-0.1, -0.05) is 0 Å². The van der Waals surface area contributed by atoms with Gasteiger partial charge in [0.15, 0.2) is 0 Å². The zero-order valence-corrected chi connectivity index (χ0v) is 5.09. The van der Waals surface area contributed by atoms with E-state index in [0.717, 1.165) is 6.29 Å². The third kappa shape index (κ3) is 3.36. The molecule has 0 aromatic rings. The van der Waals surface area contributed by atoms with Crippen LogP contribution in [0, 0.1) is 0 Å². The molecule has 0 aliphatic heterocycles. The molecule has 0 fully saturated rings. The molecule has 0 aliphatic rings. The summed E-state index contributed by atoms with van der Waals surface area (Å²) in [7, 11) is 3.58. The normalized spacial score (nSPS) is 9.75. The van der Waals surface area contributed by atoms with Crippen LogP contribution in [0.2, 0.25) is 0 Å². The van der Waals surface area contributed by atoms with Gasteiger partial charge in [-0.3, -0.25) is 4.79 Å². The van der Waals surface area contributed by atoms with E-state index in [1.165, 1.54) is 6.08 Å². The van der Waals surface area contributed by atoms with Crippen molar-refractivity contribution >= 4 is 6.29 Å². The molecule has 0 saturated heterocycles. The molecule has 0 aliphatic carbocycles. The largest absolute Gasteiger partial charge is 0.319 e. The molecule has 0 spiro atoms. The van der Waals surface area contributed by atoms with Crippen molar-refractivity contribution in [3.63, 3.8) is 0 Å². The Balaban J connectivity index is 3.35. The summed E-state index contributed by atoms with van der Waals surface area (Å²) in [4.78, 5) is 9.68. The maximum atomic E-state index is 9.68. The summed E-state index contributed by atoms with van der Waals surface area (Å²) < 4.78 is 0. The number of nitrogens with one attached hydrogen (secondary N) is 1. The summed E-state index contributed by atoms with van der Waals surface area (Å²) in [5.41, 5.74) is 2.79. The van der Waals surface area contributed by atoms with Gasteiger partial charge in [0.25, 0.3) is 0 Å². The van der Waals surface area contributed by atoms with E-state index < -0.39 is 0 Å². The fourth-order valence-electron chi connectivity index (χ4n) is 0.239. The van der Waals surface area contributed by atoms with Crippen LogP contribution in [0.3, 0.4) is 0 Å². The molecular weight excluding hydrogens is 104 g/mol. The minimum Gasteiger partial charge on any atom is -0.319 e.